The number of nitrogens with zero attached hydrogens (tertiary/aromatic N) is 3. The minimum absolute atomic E-state index is 0.286. The van der Waals surface area contributed by atoms with Gasteiger partial charge in [-0.1, -0.05) is 24.9 Å². The van der Waals surface area contributed by atoms with Gasteiger partial charge in [0.2, 0.25) is 11.8 Å². The number of hydrogen-bond donors (Lipinski definition) is 1. The number of aryl methyl sites for hydroxylation is 2. The van der Waals surface area contributed by atoms with Crippen LogP contribution in [-0.4, -0.2) is 27.3 Å². The number of pyridine rings is 1. The Morgan fingerprint density at radius 1 is 1.44 bits per heavy atom. The van der Waals surface area contributed by atoms with Crippen LogP contribution in [0.3, 0.4) is 0 Å². The highest BCUT2D eigenvalue weighted by Crippen LogP contribution is 2.23. The van der Waals surface area contributed by atoms with E-state index in [4.69, 9.17) is 16.3 Å². The fourth-order valence-electron chi connectivity index (χ4n) is 2.28. The lowest BCUT2D eigenvalue weighted by molar-refractivity contribution is -0.111. The van der Waals surface area contributed by atoms with Crippen molar-refractivity contribution in [1.82, 2.24) is 14.8 Å². The van der Waals surface area contributed by atoms with Crippen LogP contribution in [0.15, 0.2) is 24.4 Å². The van der Waals surface area contributed by atoms with E-state index in [0.717, 1.165) is 30.6 Å². The van der Waals surface area contributed by atoms with E-state index in [-0.39, 0.29) is 5.91 Å². The number of amides is 1. The van der Waals surface area contributed by atoms with Crippen LogP contribution in [0, 0.1) is 6.92 Å². The van der Waals surface area contributed by atoms with Crippen LogP contribution in [0.2, 0.25) is 5.15 Å². The van der Waals surface area contributed by atoms with E-state index in [1.807, 2.05) is 13.8 Å². The van der Waals surface area contributed by atoms with Gasteiger partial charge < -0.3 is 10.1 Å². The van der Waals surface area contributed by atoms with E-state index < -0.39 is 0 Å². The normalized spacial score (nSPS) is 11.0. The zero-order valence-electron chi connectivity index (χ0n) is 14.8. The maximum absolute atomic E-state index is 12.2. The van der Waals surface area contributed by atoms with Gasteiger partial charge in [-0.2, -0.15) is 5.10 Å². The number of carbonyl (C=O) groups excluding carboxylic acids is 1. The van der Waals surface area contributed by atoms with Crippen molar-refractivity contribution < 1.29 is 9.53 Å². The van der Waals surface area contributed by atoms with Crippen molar-refractivity contribution in [2.45, 2.75) is 40.2 Å². The van der Waals surface area contributed by atoms with Crippen LogP contribution in [-0.2, 0) is 11.3 Å². The van der Waals surface area contributed by atoms with Gasteiger partial charge in [0.25, 0.3) is 0 Å². The highest BCUT2D eigenvalue weighted by atomic mass is 35.5. The van der Waals surface area contributed by atoms with E-state index in [1.54, 1.807) is 29.1 Å². The van der Waals surface area contributed by atoms with Gasteiger partial charge in [-0.3, -0.25) is 9.48 Å². The molecule has 0 saturated heterocycles. The summed E-state index contributed by atoms with van der Waals surface area (Å²) in [5, 5.41) is 7.73. The predicted molar refractivity (Wildman–Crippen MR) is 100.0 cm³/mol. The third-order valence-corrected chi connectivity index (χ3v) is 3.94. The fourth-order valence-corrected chi connectivity index (χ4v) is 2.61. The number of rotatable bonds is 8. The Balaban J connectivity index is 2.09. The van der Waals surface area contributed by atoms with Gasteiger partial charge in [-0.15, -0.1) is 0 Å². The molecule has 0 radical (unpaired) electrons. The first kappa shape index (κ1) is 19.0. The Labute approximate surface area is 152 Å². The van der Waals surface area contributed by atoms with Gasteiger partial charge in [0.15, 0.2) is 0 Å². The largest absolute Gasteiger partial charge is 0.476 e. The summed E-state index contributed by atoms with van der Waals surface area (Å²) in [5.41, 5.74) is 2.08. The Morgan fingerprint density at radius 3 is 2.96 bits per heavy atom. The summed E-state index contributed by atoms with van der Waals surface area (Å²) < 4.78 is 7.17. The number of ether oxygens (including phenoxy) is 1. The van der Waals surface area contributed by atoms with Crippen molar-refractivity contribution in [2.75, 3.05) is 11.9 Å². The predicted octanol–water partition coefficient (Wildman–Crippen LogP) is 4.09. The van der Waals surface area contributed by atoms with Crippen LogP contribution in [0.25, 0.3) is 6.08 Å². The van der Waals surface area contributed by atoms with E-state index in [2.05, 4.69) is 22.3 Å². The molecule has 1 N–H and O–H groups in total. The van der Waals surface area contributed by atoms with Gasteiger partial charge in [-0.25, -0.2) is 4.98 Å². The third-order valence-electron chi connectivity index (χ3n) is 3.54. The van der Waals surface area contributed by atoms with Crippen molar-refractivity contribution in [2.24, 2.45) is 0 Å². The molecule has 0 saturated carbocycles. The average molecular weight is 363 g/mol. The summed E-state index contributed by atoms with van der Waals surface area (Å²) in [5.74, 6) is 0.110. The van der Waals surface area contributed by atoms with Crippen LogP contribution < -0.4 is 10.1 Å². The van der Waals surface area contributed by atoms with Crippen molar-refractivity contribution >= 4 is 29.3 Å². The van der Waals surface area contributed by atoms with Gasteiger partial charge in [0.1, 0.15) is 10.8 Å². The molecule has 6 nitrogen and oxygen atoms in total. The van der Waals surface area contributed by atoms with Gasteiger partial charge in [0, 0.05) is 24.4 Å². The molecule has 0 aliphatic heterocycles. The lowest BCUT2D eigenvalue weighted by atomic mass is 10.2. The SMILES string of the molecule is CCCCn1nc(C)c(/C=C/C(=O)Nc2cccnc2OCC)c1Cl. The molecule has 2 aromatic heterocycles. The molecule has 7 heteroatoms. The zero-order chi connectivity index (χ0) is 18.2. The van der Waals surface area contributed by atoms with Crippen molar-refractivity contribution in [3.05, 3.63) is 40.8 Å². The molecule has 0 bridgehead atoms. The third kappa shape index (κ3) is 5.06. The molecule has 0 aromatic carbocycles. The second kappa shape index (κ2) is 9.22. The standard InChI is InChI=1S/C18H23ClN4O2/c1-4-6-12-23-17(19)14(13(3)22-23)9-10-16(24)21-15-8-7-11-20-18(15)25-5-2/h7-11H,4-6,12H2,1-3H3,(H,21,24)/b10-9+. The number of hydrogen-bond acceptors (Lipinski definition) is 4. The Hall–Kier alpha value is -2.34. The minimum Gasteiger partial charge on any atom is -0.476 e. The second-order valence-electron chi connectivity index (χ2n) is 5.48. The fraction of sp³-hybridized carbons (Fsp3) is 0.389. The lowest BCUT2D eigenvalue weighted by Crippen LogP contribution is -2.10. The van der Waals surface area contributed by atoms with Crippen molar-refractivity contribution in [3.8, 4) is 5.88 Å². The summed E-state index contributed by atoms with van der Waals surface area (Å²) in [6.07, 6.45) is 6.80. The lowest BCUT2D eigenvalue weighted by Gasteiger charge is -2.08. The molecular formula is C18H23ClN4O2. The van der Waals surface area contributed by atoms with Gasteiger partial charge in [0.05, 0.1) is 12.3 Å². The first-order valence-electron chi connectivity index (χ1n) is 8.36. The van der Waals surface area contributed by atoms with Crippen LogP contribution in [0.1, 0.15) is 37.9 Å². The summed E-state index contributed by atoms with van der Waals surface area (Å²) in [4.78, 5) is 16.3. The molecule has 0 fully saturated rings. The first-order chi connectivity index (χ1) is 12.1. The molecule has 0 unspecified atom stereocenters. The van der Waals surface area contributed by atoms with E-state index in [1.165, 1.54) is 6.08 Å². The van der Waals surface area contributed by atoms with Crippen molar-refractivity contribution in [3.63, 3.8) is 0 Å². The summed E-state index contributed by atoms with van der Waals surface area (Å²) in [6.45, 7) is 7.09. The van der Waals surface area contributed by atoms with E-state index in [0.29, 0.717) is 23.3 Å². The molecule has 0 atom stereocenters. The molecule has 0 spiro atoms. The molecule has 134 valence electrons. The Bertz CT molecular complexity index is 756. The number of carbonyl (C=O) groups is 1. The molecule has 2 rings (SSSR count). The molecule has 2 aromatic rings. The average Bonchev–Trinajstić information content (AvgIpc) is 2.86. The number of halogens is 1. The van der Waals surface area contributed by atoms with Gasteiger partial charge >= 0.3 is 0 Å². The first-order valence-corrected chi connectivity index (χ1v) is 8.74. The van der Waals surface area contributed by atoms with Gasteiger partial charge in [-0.05, 0) is 38.5 Å². The Morgan fingerprint density at radius 2 is 2.24 bits per heavy atom. The van der Waals surface area contributed by atoms with Crippen molar-refractivity contribution in [1.29, 1.82) is 0 Å². The van der Waals surface area contributed by atoms with E-state index >= 15 is 0 Å². The maximum Gasteiger partial charge on any atom is 0.248 e. The minimum atomic E-state index is -0.286. The molecule has 0 aliphatic rings. The van der Waals surface area contributed by atoms with Crippen LogP contribution in [0.4, 0.5) is 5.69 Å². The monoisotopic (exact) mass is 362 g/mol. The Kier molecular flexibility index (Phi) is 7.01. The molecule has 0 aliphatic carbocycles. The van der Waals surface area contributed by atoms with Crippen LogP contribution >= 0.6 is 11.6 Å². The molecule has 25 heavy (non-hydrogen) atoms. The highest BCUT2D eigenvalue weighted by Gasteiger charge is 2.11. The number of unbranched alkanes of at least 4 members (excludes halogenated alkanes) is 1. The zero-order valence-corrected chi connectivity index (χ0v) is 15.5. The number of nitrogens with one attached hydrogen (secondary N) is 1. The number of aromatic nitrogens is 3. The molecular weight excluding hydrogens is 340 g/mol. The van der Waals surface area contributed by atoms with E-state index in [9.17, 15) is 4.79 Å². The smallest absolute Gasteiger partial charge is 0.248 e. The molecule has 1 amide bonds. The number of anilines is 1. The molecule has 2 heterocycles. The summed E-state index contributed by atoms with van der Waals surface area (Å²) in [6, 6.07) is 3.48. The van der Waals surface area contributed by atoms with Crippen LogP contribution in [0.5, 0.6) is 5.88 Å². The topological polar surface area (TPSA) is 69.0 Å². The summed E-state index contributed by atoms with van der Waals surface area (Å²) in [7, 11) is 0. The highest BCUT2D eigenvalue weighted by molar-refractivity contribution is 6.31. The maximum atomic E-state index is 12.2. The second-order valence-corrected chi connectivity index (χ2v) is 5.84. The quantitative estimate of drug-likeness (QED) is 0.718. The summed E-state index contributed by atoms with van der Waals surface area (Å²) >= 11 is 6.36.